The number of hydrogen-bond acceptors (Lipinski definition) is 9. The Kier molecular flexibility index (Phi) is 29.6. The zero-order chi connectivity index (χ0) is 40.7. The average molecular weight is 776 g/mol. The number of amides is 1. The summed E-state index contributed by atoms with van der Waals surface area (Å²) < 4.78 is 11.2. The van der Waals surface area contributed by atoms with Crippen molar-refractivity contribution in [2.45, 2.75) is 150 Å². The number of likely N-dealkylation sites (tertiary alicyclic amines) is 1. The van der Waals surface area contributed by atoms with Crippen molar-refractivity contribution in [2.24, 2.45) is 34.6 Å². The Hall–Kier alpha value is -2.08. The van der Waals surface area contributed by atoms with Crippen molar-refractivity contribution >= 4 is 12.7 Å². The number of ether oxygens (including phenoxy) is 2. The molecule has 6 atom stereocenters. The number of aldehydes is 1. The van der Waals surface area contributed by atoms with Crippen LogP contribution in [-0.2, 0) is 20.7 Å². The number of aliphatic hydroxyl groups excluding tert-OH is 1. The minimum Gasteiger partial charge on any atom is -0.491 e. The van der Waals surface area contributed by atoms with Gasteiger partial charge in [0, 0.05) is 25.8 Å². The molecule has 1 amide bonds. The number of fused-ring (bicyclic) bond motifs is 2. The maximum Gasteiger partial charge on any atom is 0.204 e. The van der Waals surface area contributed by atoms with Gasteiger partial charge in [-0.1, -0.05) is 72.4 Å². The molecule has 6 N–H and O–H groups in total. The van der Waals surface area contributed by atoms with Gasteiger partial charge in [0.2, 0.25) is 6.41 Å². The third-order valence-corrected chi connectivity index (χ3v) is 11.3. The Bertz CT molecular complexity index is 1050. The number of primary amides is 1. The minimum absolute atomic E-state index is 0.250. The molecule has 10 nitrogen and oxygen atoms in total. The minimum atomic E-state index is 0.250. The fourth-order valence-electron chi connectivity index (χ4n) is 8.61. The van der Waals surface area contributed by atoms with Crippen molar-refractivity contribution in [1.82, 2.24) is 15.1 Å². The molecule has 4 rings (SSSR count). The van der Waals surface area contributed by atoms with E-state index in [2.05, 4.69) is 86.8 Å². The van der Waals surface area contributed by atoms with Crippen molar-refractivity contribution in [1.29, 1.82) is 0 Å². The van der Waals surface area contributed by atoms with E-state index in [0.717, 1.165) is 56.3 Å². The van der Waals surface area contributed by atoms with Crippen molar-refractivity contribution in [3.8, 4) is 5.75 Å². The van der Waals surface area contributed by atoms with E-state index in [1.807, 2.05) is 0 Å². The molecule has 0 spiro atoms. The van der Waals surface area contributed by atoms with E-state index in [0.29, 0.717) is 49.9 Å². The SMILES string of the molecule is CC1CC2CC(NCC=O)CC(C)(C1)C2.CCCCCCN(CCCCC(C)CO)CCc1ccc(OCCOCCC)cc1.CN1CCC[C@H]1N.NC=O. The first-order chi connectivity index (χ1) is 26.5. The molecule has 0 aromatic heterocycles. The molecule has 2 aliphatic carbocycles. The van der Waals surface area contributed by atoms with Crippen LogP contribution in [0.4, 0.5) is 0 Å². The summed E-state index contributed by atoms with van der Waals surface area (Å²) in [5.41, 5.74) is 11.7. The van der Waals surface area contributed by atoms with E-state index in [-0.39, 0.29) is 6.41 Å². The molecule has 3 fully saturated rings. The van der Waals surface area contributed by atoms with Gasteiger partial charge in [0.05, 0.1) is 19.3 Å². The Balaban J connectivity index is 0.000000491. The molecular weight excluding hydrogens is 691 g/mol. The maximum atomic E-state index is 10.4. The predicted molar refractivity (Wildman–Crippen MR) is 229 cm³/mol. The monoisotopic (exact) mass is 776 g/mol. The molecule has 10 heteroatoms. The number of nitrogens with two attached hydrogens (primary N) is 2. The number of nitrogens with zero attached hydrogens (tertiary/aromatic N) is 2. The first-order valence-electron chi connectivity index (χ1n) is 21.9. The van der Waals surface area contributed by atoms with E-state index < -0.39 is 0 Å². The second-order valence-corrected chi connectivity index (χ2v) is 17.0. The predicted octanol–water partition coefficient (Wildman–Crippen LogP) is 7.19. The lowest BCUT2D eigenvalue weighted by Crippen LogP contribution is -2.45. The van der Waals surface area contributed by atoms with Gasteiger partial charge in [-0.15, -0.1) is 0 Å². The average Bonchev–Trinajstić information content (AvgIpc) is 3.54. The molecule has 1 saturated heterocycles. The van der Waals surface area contributed by atoms with Gasteiger partial charge in [0.25, 0.3) is 0 Å². The van der Waals surface area contributed by atoms with Gasteiger partial charge >= 0.3 is 0 Å². The largest absolute Gasteiger partial charge is 0.491 e. The summed E-state index contributed by atoms with van der Waals surface area (Å²) in [6.07, 6.45) is 21.7. The summed E-state index contributed by atoms with van der Waals surface area (Å²) >= 11 is 0. The third-order valence-electron chi connectivity index (χ3n) is 11.3. The van der Waals surface area contributed by atoms with Crippen LogP contribution in [0.2, 0.25) is 0 Å². The molecule has 1 aliphatic heterocycles. The Morgan fingerprint density at radius 1 is 0.982 bits per heavy atom. The molecule has 55 heavy (non-hydrogen) atoms. The summed E-state index contributed by atoms with van der Waals surface area (Å²) in [6.45, 7) is 18.9. The maximum absolute atomic E-state index is 10.4. The zero-order valence-corrected chi connectivity index (χ0v) is 36.2. The van der Waals surface area contributed by atoms with Gasteiger partial charge in [-0.25, -0.2) is 0 Å². The van der Waals surface area contributed by atoms with E-state index in [4.69, 9.17) is 20.0 Å². The summed E-state index contributed by atoms with van der Waals surface area (Å²) in [5.74, 6) is 3.16. The molecule has 3 aliphatic rings. The van der Waals surface area contributed by atoms with E-state index in [1.54, 1.807) is 0 Å². The number of aliphatic hydroxyl groups is 1. The highest BCUT2D eigenvalue weighted by Crippen LogP contribution is 2.50. The first kappa shape index (κ1) is 50.9. The van der Waals surface area contributed by atoms with Crippen molar-refractivity contribution in [3.05, 3.63) is 29.8 Å². The van der Waals surface area contributed by atoms with E-state index >= 15 is 0 Å². The number of rotatable bonds is 23. The lowest BCUT2D eigenvalue weighted by molar-refractivity contribution is -0.108. The van der Waals surface area contributed by atoms with Crippen molar-refractivity contribution < 1.29 is 24.2 Å². The Labute approximate surface area is 337 Å². The highest BCUT2D eigenvalue weighted by Gasteiger charge is 2.41. The molecule has 2 bridgehead atoms. The fourth-order valence-corrected chi connectivity index (χ4v) is 8.61. The molecule has 1 aromatic carbocycles. The van der Waals surface area contributed by atoms with Gasteiger partial charge in [-0.2, -0.15) is 0 Å². The number of carbonyl (C=O) groups is 2. The van der Waals surface area contributed by atoms with Crippen LogP contribution in [0.1, 0.15) is 136 Å². The summed E-state index contributed by atoms with van der Waals surface area (Å²) in [5, 5.41) is 12.6. The summed E-state index contributed by atoms with van der Waals surface area (Å²) in [6, 6.07) is 9.14. The van der Waals surface area contributed by atoms with Crippen LogP contribution < -0.4 is 21.5 Å². The first-order valence-corrected chi connectivity index (χ1v) is 21.9. The van der Waals surface area contributed by atoms with Crippen LogP contribution in [0.15, 0.2) is 24.3 Å². The van der Waals surface area contributed by atoms with E-state index in [9.17, 15) is 9.90 Å². The van der Waals surface area contributed by atoms with Crippen LogP contribution in [0.3, 0.4) is 0 Å². The molecule has 0 radical (unpaired) electrons. The molecule has 1 heterocycles. The highest BCUT2D eigenvalue weighted by atomic mass is 16.5. The number of nitrogens with one attached hydrogen (secondary N) is 1. The lowest BCUT2D eigenvalue weighted by Gasteiger charge is -2.49. The summed E-state index contributed by atoms with van der Waals surface area (Å²) in [4.78, 5) is 23.8. The van der Waals surface area contributed by atoms with E-state index in [1.165, 1.54) is 109 Å². The zero-order valence-electron chi connectivity index (χ0n) is 36.2. The van der Waals surface area contributed by atoms with Crippen LogP contribution in [-0.4, -0.2) is 106 Å². The lowest BCUT2D eigenvalue weighted by atomic mass is 9.59. The van der Waals surface area contributed by atoms with Crippen LogP contribution in [0.25, 0.3) is 0 Å². The molecule has 320 valence electrons. The second-order valence-electron chi connectivity index (χ2n) is 17.0. The van der Waals surface area contributed by atoms with Crippen molar-refractivity contribution in [2.75, 3.05) is 66.2 Å². The second kappa shape index (κ2) is 31.9. The van der Waals surface area contributed by atoms with Crippen LogP contribution in [0, 0.1) is 23.2 Å². The smallest absolute Gasteiger partial charge is 0.204 e. The Morgan fingerprint density at radius 3 is 2.25 bits per heavy atom. The number of carbonyl (C=O) groups excluding carboxylic acids is 2. The highest BCUT2D eigenvalue weighted by molar-refractivity contribution is 5.51. The normalized spacial score (nSPS) is 23.7. The Morgan fingerprint density at radius 2 is 1.69 bits per heavy atom. The van der Waals surface area contributed by atoms with Crippen LogP contribution >= 0.6 is 0 Å². The van der Waals surface area contributed by atoms with Gasteiger partial charge in [-0.05, 0) is 145 Å². The van der Waals surface area contributed by atoms with Gasteiger partial charge < -0.3 is 41.1 Å². The number of benzene rings is 1. The molecular formula is C45H85N5O5. The third kappa shape index (κ3) is 25.0. The standard InChI is InChI=1S/C26H47NO3.C13H23NO.C5H12N2.CH3NO/c1-4-6-7-9-17-27(18-10-8-11-24(3)23-28)19-16-25-12-14-26(15-13-25)30-22-21-29-20-5-2;1-10-5-11-6-12(14-3-4-15)9-13(2,7-10)8-11;1-7-4-2-3-5(7)6;2-1-3/h12-15,24,28H,4-11,16-23H2,1-3H3;4,10-12,14H,3,5-9H2,1-2H3;5H,2-4,6H2,1H3;1H,(H2,2,3)/t;;5-;/m..0./s1. The molecule has 2 saturated carbocycles. The molecule has 1 aromatic rings. The number of hydrogen-bond donors (Lipinski definition) is 4. The number of unbranched alkanes of at least 4 members (excludes halogenated alkanes) is 4. The summed E-state index contributed by atoms with van der Waals surface area (Å²) in [7, 11) is 2.07. The van der Waals surface area contributed by atoms with Gasteiger partial charge in [0.1, 0.15) is 18.6 Å². The van der Waals surface area contributed by atoms with Gasteiger partial charge in [-0.3, -0.25) is 9.69 Å². The van der Waals surface area contributed by atoms with Gasteiger partial charge in [0.15, 0.2) is 0 Å². The quantitative estimate of drug-likeness (QED) is 0.0671. The molecule has 5 unspecified atom stereocenters. The topological polar surface area (TPSA) is 143 Å². The van der Waals surface area contributed by atoms with Crippen LogP contribution in [0.5, 0.6) is 5.75 Å². The fraction of sp³-hybridized carbons (Fsp3) is 0.822. The van der Waals surface area contributed by atoms with Crippen molar-refractivity contribution in [3.63, 3.8) is 0 Å².